The van der Waals surface area contributed by atoms with Crippen molar-refractivity contribution in [1.82, 2.24) is 5.32 Å². The van der Waals surface area contributed by atoms with Gasteiger partial charge in [0.25, 0.3) is 5.91 Å². The van der Waals surface area contributed by atoms with E-state index in [1.165, 1.54) is 0 Å². The molecule has 0 saturated carbocycles. The number of fused-ring (bicyclic) bond motifs is 1. The van der Waals surface area contributed by atoms with Crippen molar-refractivity contribution in [1.29, 1.82) is 0 Å². The van der Waals surface area contributed by atoms with Gasteiger partial charge in [-0.05, 0) is 31.4 Å². The zero-order chi connectivity index (χ0) is 13.9. The second-order valence-electron chi connectivity index (χ2n) is 4.89. The molecule has 20 heavy (non-hydrogen) atoms. The lowest BCUT2D eigenvalue weighted by Gasteiger charge is -2.16. The maximum absolute atomic E-state index is 11.8. The Balaban J connectivity index is 1.77. The van der Waals surface area contributed by atoms with Crippen molar-refractivity contribution in [3.05, 3.63) is 23.8 Å². The van der Waals surface area contributed by atoms with E-state index >= 15 is 0 Å². The van der Waals surface area contributed by atoms with Gasteiger partial charge >= 0.3 is 0 Å². The van der Waals surface area contributed by atoms with Crippen LogP contribution in [0.4, 0.5) is 0 Å². The first-order valence-electron chi connectivity index (χ1n) is 6.70. The van der Waals surface area contributed by atoms with Crippen molar-refractivity contribution < 1.29 is 19.5 Å². The van der Waals surface area contributed by atoms with E-state index < -0.39 is 6.10 Å². The van der Waals surface area contributed by atoms with E-state index in [1.54, 1.807) is 18.2 Å². The Bertz CT molecular complexity index is 556. The molecule has 1 amide bonds. The number of nitrogens with one attached hydrogen (secondary N) is 1. The molecule has 1 unspecified atom stereocenters. The van der Waals surface area contributed by atoms with Crippen LogP contribution in [-0.2, 0) is 4.79 Å². The fraction of sp³-hybridized carbons (Fsp3) is 0.429. The van der Waals surface area contributed by atoms with Crippen molar-refractivity contribution in [2.45, 2.75) is 25.4 Å². The highest BCUT2D eigenvalue weighted by Gasteiger charge is 2.24. The molecule has 0 bridgehead atoms. The van der Waals surface area contributed by atoms with Gasteiger partial charge in [-0.1, -0.05) is 5.16 Å². The lowest BCUT2D eigenvalue weighted by Crippen LogP contribution is -2.36. The topological polar surface area (TPSA) is 80.2 Å². The number of oxime groups is 1. The van der Waals surface area contributed by atoms with E-state index in [0.717, 1.165) is 18.4 Å². The summed E-state index contributed by atoms with van der Waals surface area (Å²) in [6.45, 7) is 0.960. The monoisotopic (exact) mass is 276 g/mol. The van der Waals surface area contributed by atoms with Gasteiger partial charge in [0, 0.05) is 18.2 Å². The number of amides is 1. The van der Waals surface area contributed by atoms with Crippen molar-refractivity contribution >= 4 is 11.6 Å². The number of hydrogen-bond acceptors (Lipinski definition) is 5. The maximum atomic E-state index is 11.8. The molecule has 1 saturated heterocycles. The van der Waals surface area contributed by atoms with Crippen LogP contribution >= 0.6 is 0 Å². The molecule has 3 rings (SSSR count). The Labute approximate surface area is 116 Å². The summed E-state index contributed by atoms with van der Waals surface area (Å²) in [6, 6.07) is 5.27. The van der Waals surface area contributed by atoms with E-state index in [2.05, 4.69) is 10.5 Å². The number of rotatable bonds is 2. The third-order valence-electron chi connectivity index (χ3n) is 3.51. The Morgan fingerprint density at radius 2 is 2.30 bits per heavy atom. The first-order valence-corrected chi connectivity index (χ1v) is 6.70. The minimum atomic E-state index is -0.456. The Morgan fingerprint density at radius 3 is 3.15 bits per heavy atom. The van der Waals surface area contributed by atoms with E-state index in [9.17, 15) is 4.79 Å². The SMILES string of the molecule is O=C1NCCCCC1Oc1ccc2c(c1)OCC2=NO. The molecule has 6 nitrogen and oxygen atoms in total. The van der Waals surface area contributed by atoms with Gasteiger partial charge in [0.2, 0.25) is 0 Å². The number of hydrogen-bond donors (Lipinski definition) is 2. The van der Waals surface area contributed by atoms with Crippen molar-refractivity contribution in [3.63, 3.8) is 0 Å². The van der Waals surface area contributed by atoms with Crippen LogP contribution in [-0.4, -0.2) is 36.1 Å². The number of ether oxygens (including phenoxy) is 2. The molecular weight excluding hydrogens is 260 g/mol. The van der Waals surface area contributed by atoms with Gasteiger partial charge < -0.3 is 20.0 Å². The van der Waals surface area contributed by atoms with Crippen molar-refractivity contribution in [2.75, 3.05) is 13.2 Å². The molecule has 2 N–H and O–H groups in total. The van der Waals surface area contributed by atoms with Gasteiger partial charge in [-0.25, -0.2) is 0 Å². The molecule has 2 aliphatic heterocycles. The Morgan fingerprint density at radius 1 is 1.40 bits per heavy atom. The molecule has 2 aliphatic rings. The zero-order valence-corrected chi connectivity index (χ0v) is 11.0. The van der Waals surface area contributed by atoms with E-state index in [-0.39, 0.29) is 12.5 Å². The average molecular weight is 276 g/mol. The molecule has 0 aromatic heterocycles. The summed E-state index contributed by atoms with van der Waals surface area (Å²) in [6.07, 6.45) is 2.21. The normalized spacial score (nSPS) is 23.7. The fourth-order valence-electron chi connectivity index (χ4n) is 2.43. The smallest absolute Gasteiger partial charge is 0.261 e. The molecule has 0 aliphatic carbocycles. The Kier molecular flexibility index (Phi) is 3.45. The average Bonchev–Trinajstić information content (AvgIpc) is 2.76. The first-order chi connectivity index (χ1) is 9.78. The second kappa shape index (κ2) is 5.40. The van der Waals surface area contributed by atoms with Crippen LogP contribution in [0.5, 0.6) is 11.5 Å². The van der Waals surface area contributed by atoms with Gasteiger partial charge in [-0.2, -0.15) is 0 Å². The molecule has 0 spiro atoms. The minimum Gasteiger partial charge on any atom is -0.486 e. The lowest BCUT2D eigenvalue weighted by molar-refractivity contribution is -0.127. The fourth-order valence-corrected chi connectivity index (χ4v) is 2.43. The van der Waals surface area contributed by atoms with Crippen LogP contribution in [0.15, 0.2) is 23.4 Å². The molecule has 1 aromatic rings. The quantitative estimate of drug-likeness (QED) is 0.630. The molecule has 6 heteroatoms. The lowest BCUT2D eigenvalue weighted by atomic mass is 10.1. The molecular formula is C14H16N2O4. The molecule has 1 aromatic carbocycles. The van der Waals surface area contributed by atoms with Gasteiger partial charge in [0.05, 0.1) is 0 Å². The predicted octanol–water partition coefficient (Wildman–Crippen LogP) is 1.30. The summed E-state index contributed by atoms with van der Waals surface area (Å²) in [5.74, 6) is 1.14. The summed E-state index contributed by atoms with van der Waals surface area (Å²) in [5.41, 5.74) is 1.25. The molecule has 1 atom stereocenters. The number of carbonyl (C=O) groups is 1. The van der Waals surface area contributed by atoms with E-state index in [4.69, 9.17) is 14.7 Å². The predicted molar refractivity (Wildman–Crippen MR) is 71.5 cm³/mol. The van der Waals surface area contributed by atoms with Crippen molar-refractivity contribution in [2.24, 2.45) is 5.16 Å². The van der Waals surface area contributed by atoms with Gasteiger partial charge in [-0.15, -0.1) is 0 Å². The third-order valence-corrected chi connectivity index (χ3v) is 3.51. The second-order valence-corrected chi connectivity index (χ2v) is 4.89. The molecule has 1 fully saturated rings. The molecule has 0 radical (unpaired) electrons. The number of nitrogens with zero attached hydrogens (tertiary/aromatic N) is 1. The minimum absolute atomic E-state index is 0.0680. The standard InChI is InChI=1S/C14H16N2O4/c17-14-12(3-1-2-6-15-14)20-9-4-5-10-11(16-18)8-19-13(10)7-9/h4-5,7,12,18H,1-3,6,8H2,(H,15,17). The van der Waals surface area contributed by atoms with Crippen LogP contribution in [0.2, 0.25) is 0 Å². The largest absolute Gasteiger partial charge is 0.486 e. The van der Waals surface area contributed by atoms with E-state index in [0.29, 0.717) is 30.2 Å². The summed E-state index contributed by atoms with van der Waals surface area (Å²) < 4.78 is 11.2. The van der Waals surface area contributed by atoms with E-state index in [1.807, 2.05) is 0 Å². The summed E-state index contributed by atoms with van der Waals surface area (Å²) in [7, 11) is 0. The molecule has 2 heterocycles. The van der Waals surface area contributed by atoms with Crippen LogP contribution in [0.25, 0.3) is 0 Å². The summed E-state index contributed by atoms with van der Waals surface area (Å²) >= 11 is 0. The van der Waals surface area contributed by atoms with Crippen LogP contribution in [0.3, 0.4) is 0 Å². The van der Waals surface area contributed by atoms with Crippen LogP contribution < -0.4 is 14.8 Å². The highest BCUT2D eigenvalue weighted by atomic mass is 16.5. The van der Waals surface area contributed by atoms with Gasteiger partial charge in [0.1, 0.15) is 23.8 Å². The number of carbonyl (C=O) groups excluding carboxylic acids is 1. The zero-order valence-electron chi connectivity index (χ0n) is 11.0. The third kappa shape index (κ3) is 2.41. The highest BCUT2D eigenvalue weighted by Crippen LogP contribution is 2.30. The summed E-state index contributed by atoms with van der Waals surface area (Å²) in [4.78, 5) is 11.8. The summed E-state index contributed by atoms with van der Waals surface area (Å²) in [5, 5.41) is 14.9. The maximum Gasteiger partial charge on any atom is 0.261 e. The van der Waals surface area contributed by atoms with Gasteiger partial charge in [0.15, 0.2) is 6.10 Å². The molecule has 106 valence electrons. The number of benzene rings is 1. The van der Waals surface area contributed by atoms with Gasteiger partial charge in [-0.3, -0.25) is 4.79 Å². The van der Waals surface area contributed by atoms with Crippen LogP contribution in [0.1, 0.15) is 24.8 Å². The van der Waals surface area contributed by atoms with Crippen molar-refractivity contribution in [3.8, 4) is 11.5 Å². The highest BCUT2D eigenvalue weighted by molar-refractivity contribution is 6.06. The first kappa shape index (κ1) is 12.8. The van der Waals surface area contributed by atoms with Crippen LogP contribution in [0, 0.1) is 0 Å². The Hall–Kier alpha value is -2.24.